The second-order valence-electron chi connectivity index (χ2n) is 7.10. The first kappa shape index (κ1) is 19.8. The normalized spacial score (nSPS) is 24.0. The SMILES string of the molecule is C=CC[C@H]1C[C@H](c2cccc(Cl)c2)[C@@H](c2ccc(Cl)cc2)N(C(C)C)S1. The van der Waals surface area contributed by atoms with Gasteiger partial charge in [-0.05, 0) is 62.1 Å². The first-order valence-electron chi connectivity index (χ1n) is 9.06. The summed E-state index contributed by atoms with van der Waals surface area (Å²) in [5.74, 6) is 0.378. The zero-order valence-corrected chi connectivity index (χ0v) is 17.6. The highest BCUT2D eigenvalue weighted by Gasteiger charge is 2.39. The lowest BCUT2D eigenvalue weighted by Crippen LogP contribution is -2.39. The van der Waals surface area contributed by atoms with Gasteiger partial charge in [-0.1, -0.05) is 65.5 Å². The van der Waals surface area contributed by atoms with Crippen molar-refractivity contribution in [3.63, 3.8) is 0 Å². The molecular formula is C22H25Cl2NS. The van der Waals surface area contributed by atoms with E-state index in [1.807, 2.05) is 36.2 Å². The molecule has 0 aromatic heterocycles. The van der Waals surface area contributed by atoms with Gasteiger partial charge in [0.25, 0.3) is 0 Å². The van der Waals surface area contributed by atoms with Crippen molar-refractivity contribution in [1.29, 1.82) is 0 Å². The Kier molecular flexibility index (Phi) is 6.74. The molecule has 0 aliphatic carbocycles. The van der Waals surface area contributed by atoms with Crippen molar-refractivity contribution in [2.24, 2.45) is 0 Å². The Balaban J connectivity index is 2.06. The van der Waals surface area contributed by atoms with E-state index in [2.05, 4.69) is 55.1 Å². The van der Waals surface area contributed by atoms with Crippen molar-refractivity contribution in [2.75, 3.05) is 0 Å². The van der Waals surface area contributed by atoms with Crippen molar-refractivity contribution < 1.29 is 0 Å². The maximum atomic E-state index is 6.32. The summed E-state index contributed by atoms with van der Waals surface area (Å²) in [6.45, 7) is 8.49. The summed E-state index contributed by atoms with van der Waals surface area (Å²) in [5.41, 5.74) is 2.61. The highest BCUT2D eigenvalue weighted by Crippen LogP contribution is 2.51. The average Bonchev–Trinajstić information content (AvgIpc) is 2.62. The second-order valence-corrected chi connectivity index (χ2v) is 9.27. The number of hydrogen-bond donors (Lipinski definition) is 0. The lowest BCUT2D eigenvalue weighted by atomic mass is 9.82. The molecule has 138 valence electrons. The third kappa shape index (κ3) is 4.48. The van der Waals surface area contributed by atoms with Crippen LogP contribution in [0.5, 0.6) is 0 Å². The fourth-order valence-corrected chi connectivity index (χ4v) is 5.56. The monoisotopic (exact) mass is 405 g/mol. The highest BCUT2D eigenvalue weighted by molar-refractivity contribution is 7.97. The van der Waals surface area contributed by atoms with Crippen LogP contribution in [0.15, 0.2) is 61.2 Å². The molecule has 1 heterocycles. The van der Waals surface area contributed by atoms with E-state index in [1.54, 1.807) is 0 Å². The lowest BCUT2D eigenvalue weighted by molar-refractivity contribution is 0.239. The van der Waals surface area contributed by atoms with Crippen LogP contribution in [0.4, 0.5) is 0 Å². The molecule has 1 fully saturated rings. The molecule has 2 aromatic carbocycles. The summed E-state index contributed by atoms with van der Waals surface area (Å²) in [7, 11) is 0. The number of benzene rings is 2. The van der Waals surface area contributed by atoms with Crippen LogP contribution in [0.3, 0.4) is 0 Å². The van der Waals surface area contributed by atoms with E-state index < -0.39 is 0 Å². The summed E-state index contributed by atoms with van der Waals surface area (Å²) in [6, 6.07) is 17.3. The average molecular weight is 406 g/mol. The Morgan fingerprint density at radius 3 is 2.46 bits per heavy atom. The van der Waals surface area contributed by atoms with E-state index in [0.717, 1.165) is 22.9 Å². The van der Waals surface area contributed by atoms with Crippen LogP contribution in [0.25, 0.3) is 0 Å². The number of rotatable bonds is 5. The molecule has 1 aliphatic heterocycles. The molecular weight excluding hydrogens is 381 g/mol. The molecule has 1 aliphatic rings. The van der Waals surface area contributed by atoms with Gasteiger partial charge in [-0.25, -0.2) is 4.31 Å². The lowest BCUT2D eigenvalue weighted by Gasteiger charge is -2.46. The van der Waals surface area contributed by atoms with Gasteiger partial charge in [-0.15, -0.1) is 6.58 Å². The van der Waals surface area contributed by atoms with Gasteiger partial charge < -0.3 is 0 Å². The van der Waals surface area contributed by atoms with E-state index in [9.17, 15) is 0 Å². The summed E-state index contributed by atoms with van der Waals surface area (Å²) in [4.78, 5) is 0. The van der Waals surface area contributed by atoms with Gasteiger partial charge in [0, 0.05) is 27.3 Å². The van der Waals surface area contributed by atoms with Gasteiger partial charge >= 0.3 is 0 Å². The zero-order valence-electron chi connectivity index (χ0n) is 15.2. The topological polar surface area (TPSA) is 3.24 Å². The number of nitrogens with zero attached hydrogens (tertiary/aromatic N) is 1. The molecule has 4 heteroatoms. The standard InChI is InChI=1S/C22H25Cl2NS/c1-4-6-20-14-21(17-7-5-8-19(24)13-17)22(25(26-20)15(2)3)16-9-11-18(23)12-10-16/h4-5,7-13,15,20-22H,1,6,14H2,2-3H3/t20-,21+,22+/m0/s1. The molecule has 2 aromatic rings. The fourth-order valence-electron chi connectivity index (χ4n) is 3.73. The van der Waals surface area contributed by atoms with Crippen molar-refractivity contribution in [3.8, 4) is 0 Å². The van der Waals surface area contributed by atoms with Gasteiger partial charge in [-0.2, -0.15) is 0 Å². The number of allylic oxidation sites excluding steroid dienone is 1. The fraction of sp³-hybridized carbons (Fsp3) is 0.364. The Morgan fingerprint density at radius 2 is 1.85 bits per heavy atom. The van der Waals surface area contributed by atoms with Crippen LogP contribution >= 0.6 is 35.1 Å². The molecule has 0 amide bonds. The summed E-state index contributed by atoms with van der Waals surface area (Å²) in [6.07, 6.45) is 4.15. The molecule has 26 heavy (non-hydrogen) atoms. The quantitative estimate of drug-likeness (QED) is 0.373. The summed E-state index contributed by atoms with van der Waals surface area (Å²) < 4.78 is 2.55. The van der Waals surface area contributed by atoms with Crippen molar-refractivity contribution in [2.45, 2.75) is 49.9 Å². The molecule has 0 saturated carbocycles. The van der Waals surface area contributed by atoms with Crippen LogP contribution in [-0.4, -0.2) is 15.6 Å². The Bertz CT molecular complexity index is 744. The van der Waals surface area contributed by atoms with Crippen molar-refractivity contribution in [1.82, 2.24) is 4.31 Å². The van der Waals surface area contributed by atoms with Crippen LogP contribution in [-0.2, 0) is 0 Å². The predicted molar refractivity (Wildman–Crippen MR) is 116 cm³/mol. The minimum atomic E-state index is 0.289. The molecule has 0 spiro atoms. The first-order chi connectivity index (χ1) is 12.5. The summed E-state index contributed by atoms with van der Waals surface area (Å²) in [5, 5.41) is 2.10. The zero-order chi connectivity index (χ0) is 18.7. The Labute approximate surface area is 171 Å². The third-order valence-corrected chi connectivity index (χ3v) is 6.93. The van der Waals surface area contributed by atoms with Crippen LogP contribution in [0.1, 0.15) is 49.8 Å². The Hall–Kier alpha value is -0.930. The van der Waals surface area contributed by atoms with Crippen molar-refractivity contribution >= 4 is 35.1 Å². The van der Waals surface area contributed by atoms with E-state index in [4.69, 9.17) is 23.2 Å². The van der Waals surface area contributed by atoms with E-state index in [-0.39, 0.29) is 6.04 Å². The second kappa shape index (κ2) is 8.84. The molecule has 0 radical (unpaired) electrons. The molecule has 0 bridgehead atoms. The Morgan fingerprint density at radius 1 is 1.12 bits per heavy atom. The highest BCUT2D eigenvalue weighted by atomic mass is 35.5. The number of halogens is 2. The minimum absolute atomic E-state index is 0.289. The predicted octanol–water partition coefficient (Wildman–Crippen LogP) is 7.53. The van der Waals surface area contributed by atoms with E-state index >= 15 is 0 Å². The molecule has 1 nitrogen and oxygen atoms in total. The number of hydrogen-bond acceptors (Lipinski definition) is 2. The van der Waals surface area contributed by atoms with Gasteiger partial charge in [0.1, 0.15) is 0 Å². The van der Waals surface area contributed by atoms with Crippen LogP contribution in [0.2, 0.25) is 10.0 Å². The first-order valence-corrected chi connectivity index (χ1v) is 10.7. The molecule has 3 rings (SSSR count). The maximum Gasteiger partial charge on any atom is 0.0523 e. The largest absolute Gasteiger partial charge is 0.240 e. The molecule has 0 unspecified atom stereocenters. The smallest absolute Gasteiger partial charge is 0.0523 e. The van der Waals surface area contributed by atoms with Gasteiger partial charge in [0.15, 0.2) is 0 Å². The van der Waals surface area contributed by atoms with Crippen LogP contribution < -0.4 is 0 Å². The molecule has 1 saturated heterocycles. The van der Waals surface area contributed by atoms with E-state index in [0.29, 0.717) is 17.2 Å². The van der Waals surface area contributed by atoms with Crippen LogP contribution in [0, 0.1) is 0 Å². The minimum Gasteiger partial charge on any atom is -0.240 e. The van der Waals surface area contributed by atoms with Gasteiger partial charge in [0.05, 0.1) is 6.04 Å². The van der Waals surface area contributed by atoms with E-state index in [1.165, 1.54) is 11.1 Å². The van der Waals surface area contributed by atoms with Crippen molar-refractivity contribution in [3.05, 3.63) is 82.4 Å². The molecule has 3 atom stereocenters. The molecule has 0 N–H and O–H groups in total. The third-order valence-electron chi connectivity index (χ3n) is 4.87. The van der Waals surface area contributed by atoms with Gasteiger partial charge in [0.2, 0.25) is 0 Å². The maximum absolute atomic E-state index is 6.32. The summed E-state index contributed by atoms with van der Waals surface area (Å²) >= 11 is 14.4. The van der Waals surface area contributed by atoms with Gasteiger partial charge in [-0.3, -0.25) is 0 Å².